The molecule has 20 heavy (non-hydrogen) atoms. The first kappa shape index (κ1) is 14.9. The van der Waals surface area contributed by atoms with E-state index in [0.29, 0.717) is 16.1 Å². The highest BCUT2D eigenvalue weighted by molar-refractivity contribution is 9.10. The van der Waals surface area contributed by atoms with E-state index >= 15 is 0 Å². The standard InChI is InChI=1S/C12H13BrN4O2S/c1-7-5-8(20(18,19)15-2)3-4-9(7)10-6-16-12(14)11(13)17-10/h3-6,15H,1-2H3,(H2,14,16). The molecule has 2 aromatic rings. The highest BCUT2D eigenvalue weighted by Gasteiger charge is 2.14. The van der Waals surface area contributed by atoms with Gasteiger partial charge in [0.25, 0.3) is 0 Å². The third kappa shape index (κ3) is 2.82. The molecular weight excluding hydrogens is 344 g/mol. The molecule has 0 saturated heterocycles. The molecule has 0 atom stereocenters. The Labute approximate surface area is 125 Å². The zero-order valence-corrected chi connectivity index (χ0v) is 13.3. The minimum Gasteiger partial charge on any atom is -0.381 e. The molecule has 0 aliphatic carbocycles. The van der Waals surface area contributed by atoms with Crippen molar-refractivity contribution in [1.82, 2.24) is 14.7 Å². The van der Waals surface area contributed by atoms with Crippen LogP contribution in [-0.4, -0.2) is 25.4 Å². The summed E-state index contributed by atoms with van der Waals surface area (Å²) in [6, 6.07) is 4.82. The fourth-order valence-electron chi connectivity index (χ4n) is 1.71. The molecule has 1 aromatic heterocycles. The highest BCUT2D eigenvalue weighted by Crippen LogP contribution is 2.26. The molecule has 0 aliphatic heterocycles. The molecule has 0 saturated carbocycles. The van der Waals surface area contributed by atoms with Crippen LogP contribution >= 0.6 is 15.9 Å². The molecule has 8 heteroatoms. The van der Waals surface area contributed by atoms with E-state index in [2.05, 4.69) is 30.6 Å². The van der Waals surface area contributed by atoms with Crippen LogP contribution in [0, 0.1) is 6.92 Å². The molecule has 0 amide bonds. The first-order valence-electron chi connectivity index (χ1n) is 5.67. The van der Waals surface area contributed by atoms with Crippen LogP contribution < -0.4 is 10.5 Å². The van der Waals surface area contributed by atoms with E-state index in [1.165, 1.54) is 13.1 Å². The van der Waals surface area contributed by atoms with Crippen molar-refractivity contribution in [3.63, 3.8) is 0 Å². The molecule has 0 aliphatic rings. The lowest BCUT2D eigenvalue weighted by atomic mass is 10.1. The van der Waals surface area contributed by atoms with Crippen LogP contribution in [0.1, 0.15) is 5.56 Å². The van der Waals surface area contributed by atoms with Crippen molar-refractivity contribution in [3.8, 4) is 11.3 Å². The Morgan fingerprint density at radius 3 is 2.60 bits per heavy atom. The fourth-order valence-corrected chi connectivity index (χ4v) is 2.82. The molecule has 1 aromatic carbocycles. The number of nitrogens with one attached hydrogen (secondary N) is 1. The number of aromatic nitrogens is 2. The average Bonchev–Trinajstić information content (AvgIpc) is 2.42. The summed E-state index contributed by atoms with van der Waals surface area (Å²) in [5.41, 5.74) is 7.80. The van der Waals surface area contributed by atoms with Crippen LogP contribution in [0.15, 0.2) is 33.9 Å². The minimum absolute atomic E-state index is 0.212. The Morgan fingerprint density at radius 1 is 1.35 bits per heavy atom. The quantitative estimate of drug-likeness (QED) is 0.871. The van der Waals surface area contributed by atoms with Gasteiger partial charge in [-0.25, -0.2) is 23.1 Å². The number of hydrogen-bond donors (Lipinski definition) is 2. The van der Waals surface area contributed by atoms with E-state index in [0.717, 1.165) is 11.1 Å². The summed E-state index contributed by atoms with van der Waals surface area (Å²) >= 11 is 3.22. The molecule has 1 heterocycles. The third-order valence-corrected chi connectivity index (χ3v) is 4.80. The normalized spacial score (nSPS) is 11.6. The van der Waals surface area contributed by atoms with E-state index in [9.17, 15) is 8.42 Å². The second-order valence-corrected chi connectivity index (χ2v) is 6.75. The molecule has 0 fully saturated rings. The van der Waals surface area contributed by atoms with Crippen molar-refractivity contribution >= 4 is 31.8 Å². The smallest absolute Gasteiger partial charge is 0.240 e. The minimum atomic E-state index is -3.45. The average molecular weight is 357 g/mol. The van der Waals surface area contributed by atoms with Gasteiger partial charge in [-0.3, -0.25) is 0 Å². The summed E-state index contributed by atoms with van der Waals surface area (Å²) in [6.45, 7) is 1.82. The highest BCUT2D eigenvalue weighted by atomic mass is 79.9. The van der Waals surface area contributed by atoms with E-state index in [1.807, 2.05) is 6.92 Å². The van der Waals surface area contributed by atoms with E-state index in [-0.39, 0.29) is 4.90 Å². The van der Waals surface area contributed by atoms with Gasteiger partial charge >= 0.3 is 0 Å². The Balaban J connectivity index is 2.52. The summed E-state index contributed by atoms with van der Waals surface area (Å²) in [6.07, 6.45) is 1.55. The molecule has 106 valence electrons. The van der Waals surface area contributed by atoms with Crippen LogP contribution in [-0.2, 0) is 10.0 Å². The predicted octanol–water partition coefficient (Wildman–Crippen LogP) is 1.70. The Hall–Kier alpha value is -1.51. The van der Waals surface area contributed by atoms with E-state index in [4.69, 9.17) is 5.73 Å². The second kappa shape index (κ2) is 5.47. The van der Waals surface area contributed by atoms with Gasteiger partial charge in [0.1, 0.15) is 4.60 Å². The van der Waals surface area contributed by atoms with Crippen molar-refractivity contribution in [1.29, 1.82) is 0 Å². The molecule has 0 unspecified atom stereocenters. The maximum Gasteiger partial charge on any atom is 0.240 e. The Bertz CT molecular complexity index is 762. The van der Waals surface area contributed by atoms with E-state index in [1.54, 1.807) is 18.3 Å². The predicted molar refractivity (Wildman–Crippen MR) is 80.6 cm³/mol. The van der Waals surface area contributed by atoms with Gasteiger partial charge < -0.3 is 5.73 Å². The number of nitrogen functional groups attached to an aromatic ring is 1. The van der Waals surface area contributed by atoms with Gasteiger partial charge in [-0.1, -0.05) is 6.07 Å². The number of halogens is 1. The van der Waals surface area contributed by atoms with Crippen LogP contribution in [0.2, 0.25) is 0 Å². The Kier molecular flexibility index (Phi) is 4.07. The zero-order valence-electron chi connectivity index (χ0n) is 10.9. The van der Waals surface area contributed by atoms with Gasteiger partial charge in [0.05, 0.1) is 16.8 Å². The SMILES string of the molecule is CNS(=O)(=O)c1ccc(-c2cnc(N)c(Br)n2)c(C)c1. The molecule has 6 nitrogen and oxygen atoms in total. The van der Waals surface area contributed by atoms with Crippen molar-refractivity contribution in [2.24, 2.45) is 0 Å². The van der Waals surface area contributed by atoms with E-state index < -0.39 is 10.0 Å². The summed E-state index contributed by atoms with van der Waals surface area (Å²) in [4.78, 5) is 8.51. The number of aryl methyl sites for hydroxylation is 1. The fraction of sp³-hybridized carbons (Fsp3) is 0.167. The third-order valence-electron chi connectivity index (χ3n) is 2.81. The summed E-state index contributed by atoms with van der Waals surface area (Å²) in [5.74, 6) is 0.306. The van der Waals surface area contributed by atoms with Crippen LogP contribution in [0.3, 0.4) is 0 Å². The monoisotopic (exact) mass is 356 g/mol. The molecule has 2 rings (SSSR count). The lowest BCUT2D eigenvalue weighted by Gasteiger charge is -2.09. The number of sulfonamides is 1. The number of benzene rings is 1. The number of hydrogen-bond acceptors (Lipinski definition) is 5. The molecule has 0 spiro atoms. The largest absolute Gasteiger partial charge is 0.381 e. The molecule has 0 bridgehead atoms. The van der Waals surface area contributed by atoms with Crippen molar-refractivity contribution in [3.05, 3.63) is 34.6 Å². The van der Waals surface area contributed by atoms with Crippen molar-refractivity contribution < 1.29 is 8.42 Å². The summed E-state index contributed by atoms with van der Waals surface area (Å²) in [7, 11) is -2.07. The topological polar surface area (TPSA) is 98.0 Å². The molecular formula is C12H13BrN4O2S. The maximum absolute atomic E-state index is 11.7. The van der Waals surface area contributed by atoms with Crippen LogP contribution in [0.25, 0.3) is 11.3 Å². The van der Waals surface area contributed by atoms with Gasteiger partial charge in [0, 0.05) is 5.56 Å². The van der Waals surface area contributed by atoms with Gasteiger partial charge in [0.2, 0.25) is 10.0 Å². The number of anilines is 1. The maximum atomic E-state index is 11.7. The number of nitrogens with zero attached hydrogens (tertiary/aromatic N) is 2. The number of rotatable bonds is 3. The first-order valence-corrected chi connectivity index (χ1v) is 7.95. The van der Waals surface area contributed by atoms with Crippen molar-refractivity contribution in [2.75, 3.05) is 12.8 Å². The lowest BCUT2D eigenvalue weighted by Crippen LogP contribution is -2.18. The summed E-state index contributed by atoms with van der Waals surface area (Å²) < 4.78 is 26.2. The van der Waals surface area contributed by atoms with Gasteiger partial charge in [-0.2, -0.15) is 0 Å². The lowest BCUT2D eigenvalue weighted by molar-refractivity contribution is 0.588. The van der Waals surface area contributed by atoms with Gasteiger partial charge in [-0.05, 0) is 47.6 Å². The number of nitrogens with two attached hydrogens (primary N) is 1. The zero-order chi connectivity index (χ0) is 14.9. The molecule has 3 N–H and O–H groups in total. The van der Waals surface area contributed by atoms with Crippen LogP contribution in [0.4, 0.5) is 5.82 Å². The van der Waals surface area contributed by atoms with Crippen LogP contribution in [0.5, 0.6) is 0 Å². The van der Waals surface area contributed by atoms with Crippen molar-refractivity contribution in [2.45, 2.75) is 11.8 Å². The Morgan fingerprint density at radius 2 is 2.05 bits per heavy atom. The molecule has 0 radical (unpaired) electrons. The summed E-state index contributed by atoms with van der Waals surface area (Å²) in [5, 5.41) is 0. The van der Waals surface area contributed by atoms with Gasteiger partial charge in [-0.15, -0.1) is 0 Å². The second-order valence-electron chi connectivity index (χ2n) is 4.12. The van der Waals surface area contributed by atoms with Gasteiger partial charge in [0.15, 0.2) is 5.82 Å². The first-order chi connectivity index (χ1) is 9.35.